The van der Waals surface area contributed by atoms with Gasteiger partial charge in [-0.2, -0.15) is 0 Å². The average molecular weight is 302 g/mol. The van der Waals surface area contributed by atoms with Crippen LogP contribution < -0.4 is 5.32 Å². The van der Waals surface area contributed by atoms with Crippen molar-refractivity contribution in [1.29, 1.82) is 0 Å². The fourth-order valence-corrected chi connectivity index (χ4v) is 4.37. The molecule has 0 bridgehead atoms. The molecule has 1 aliphatic heterocycles. The van der Waals surface area contributed by atoms with E-state index in [2.05, 4.69) is 12.2 Å². The summed E-state index contributed by atoms with van der Waals surface area (Å²) in [5.41, 5.74) is 1.21. The molecule has 1 saturated heterocycles. The lowest BCUT2D eigenvalue weighted by atomic mass is 10.1. The summed E-state index contributed by atoms with van der Waals surface area (Å²) >= 11 is 5.84. The van der Waals surface area contributed by atoms with Gasteiger partial charge >= 0.3 is 0 Å². The minimum Gasteiger partial charge on any atom is -0.313 e. The second-order valence-corrected chi connectivity index (χ2v) is 8.11. The molecule has 0 spiro atoms. The fraction of sp³-hybridized carbons (Fsp3) is 0.571. The highest BCUT2D eigenvalue weighted by Gasteiger charge is 2.30. The molecule has 0 radical (unpaired) electrons. The summed E-state index contributed by atoms with van der Waals surface area (Å²) in [5.74, 6) is 0.352. The third-order valence-corrected chi connectivity index (χ3v) is 6.14. The van der Waals surface area contributed by atoms with Crippen molar-refractivity contribution in [3.8, 4) is 0 Å². The maximum atomic E-state index is 11.7. The lowest BCUT2D eigenvalue weighted by Gasteiger charge is -2.17. The topological polar surface area (TPSA) is 46.2 Å². The van der Waals surface area contributed by atoms with Crippen LogP contribution >= 0.6 is 11.6 Å². The van der Waals surface area contributed by atoms with Gasteiger partial charge in [0.05, 0.1) is 11.0 Å². The monoisotopic (exact) mass is 301 g/mol. The highest BCUT2D eigenvalue weighted by Crippen LogP contribution is 2.19. The minimum absolute atomic E-state index is 0.194. The van der Waals surface area contributed by atoms with Crippen LogP contribution in [0.1, 0.15) is 25.3 Å². The van der Waals surface area contributed by atoms with Crippen molar-refractivity contribution in [2.75, 3.05) is 12.3 Å². The van der Waals surface area contributed by atoms with E-state index in [0.29, 0.717) is 12.3 Å². The summed E-state index contributed by atoms with van der Waals surface area (Å²) in [7, 11) is -2.84. The first-order chi connectivity index (χ1) is 8.97. The van der Waals surface area contributed by atoms with E-state index in [0.717, 1.165) is 24.3 Å². The van der Waals surface area contributed by atoms with Gasteiger partial charge in [-0.1, -0.05) is 23.7 Å². The predicted octanol–water partition coefficient (Wildman–Crippen LogP) is 2.44. The predicted molar refractivity (Wildman–Crippen MR) is 79.4 cm³/mol. The molecule has 1 aromatic rings. The van der Waals surface area contributed by atoms with Crippen molar-refractivity contribution in [1.82, 2.24) is 5.32 Å². The van der Waals surface area contributed by atoms with Crippen LogP contribution in [0.15, 0.2) is 24.3 Å². The molecule has 1 heterocycles. The standard InChI is InChI=1S/C14H20ClNO2S/c1-11(9-12-4-6-13(15)7-5-12)16-10-14-3-2-8-19(14,17)18/h4-7,11,14,16H,2-3,8-10H2,1H3/t11-,14-/m1/s1. The zero-order valence-electron chi connectivity index (χ0n) is 11.1. The van der Waals surface area contributed by atoms with Crippen molar-refractivity contribution in [2.24, 2.45) is 0 Å². The highest BCUT2D eigenvalue weighted by atomic mass is 35.5. The second kappa shape index (κ2) is 6.25. The molecule has 3 nitrogen and oxygen atoms in total. The van der Waals surface area contributed by atoms with Crippen molar-refractivity contribution in [3.05, 3.63) is 34.9 Å². The largest absolute Gasteiger partial charge is 0.313 e. The molecule has 0 amide bonds. The van der Waals surface area contributed by atoms with Crippen molar-refractivity contribution >= 4 is 21.4 Å². The van der Waals surface area contributed by atoms with Gasteiger partial charge < -0.3 is 5.32 Å². The van der Waals surface area contributed by atoms with Gasteiger partial charge in [0, 0.05) is 17.6 Å². The lowest BCUT2D eigenvalue weighted by molar-refractivity contribution is 0.521. The lowest BCUT2D eigenvalue weighted by Crippen LogP contribution is -2.37. The number of benzene rings is 1. The normalized spacial score (nSPS) is 23.4. The molecular weight excluding hydrogens is 282 g/mol. The van der Waals surface area contributed by atoms with Crippen LogP contribution in [0.4, 0.5) is 0 Å². The van der Waals surface area contributed by atoms with Gasteiger partial charge in [0.15, 0.2) is 9.84 Å². The number of hydrogen-bond donors (Lipinski definition) is 1. The second-order valence-electron chi connectivity index (χ2n) is 5.27. The molecule has 19 heavy (non-hydrogen) atoms. The molecule has 1 aromatic carbocycles. The Morgan fingerprint density at radius 3 is 2.63 bits per heavy atom. The molecule has 1 N–H and O–H groups in total. The molecule has 0 aromatic heterocycles. The van der Waals surface area contributed by atoms with Gasteiger partial charge in [0.1, 0.15) is 0 Å². The Kier molecular flexibility index (Phi) is 4.87. The first-order valence-electron chi connectivity index (χ1n) is 6.67. The molecule has 2 atom stereocenters. The Morgan fingerprint density at radius 1 is 1.37 bits per heavy atom. The van der Waals surface area contributed by atoms with Crippen LogP contribution in [-0.2, 0) is 16.3 Å². The number of halogens is 1. The molecule has 1 aliphatic rings. The Balaban J connectivity index is 1.82. The third kappa shape index (κ3) is 4.20. The molecule has 5 heteroatoms. The van der Waals surface area contributed by atoms with E-state index < -0.39 is 9.84 Å². The van der Waals surface area contributed by atoms with Gasteiger partial charge in [-0.3, -0.25) is 0 Å². The third-order valence-electron chi connectivity index (χ3n) is 3.61. The smallest absolute Gasteiger partial charge is 0.154 e. The zero-order valence-corrected chi connectivity index (χ0v) is 12.7. The van der Waals surface area contributed by atoms with Crippen LogP contribution in [0.2, 0.25) is 5.02 Å². The summed E-state index contributed by atoms with van der Waals surface area (Å²) < 4.78 is 23.4. The Hall–Kier alpha value is -0.580. The van der Waals surface area contributed by atoms with E-state index in [4.69, 9.17) is 11.6 Å². The summed E-state index contributed by atoms with van der Waals surface area (Å²) in [5, 5.41) is 3.87. The van der Waals surface area contributed by atoms with Crippen LogP contribution in [0.5, 0.6) is 0 Å². The van der Waals surface area contributed by atoms with E-state index >= 15 is 0 Å². The molecule has 1 fully saturated rings. The number of hydrogen-bond acceptors (Lipinski definition) is 3. The summed E-state index contributed by atoms with van der Waals surface area (Å²) in [6, 6.07) is 8.03. The van der Waals surface area contributed by atoms with Gasteiger partial charge in [-0.25, -0.2) is 8.42 Å². The molecule has 2 rings (SSSR count). The van der Waals surface area contributed by atoms with Crippen LogP contribution in [0.25, 0.3) is 0 Å². The number of sulfone groups is 1. The maximum Gasteiger partial charge on any atom is 0.154 e. The van der Waals surface area contributed by atoms with Gasteiger partial charge in [-0.05, 0) is 43.9 Å². The van der Waals surface area contributed by atoms with E-state index in [-0.39, 0.29) is 11.3 Å². The molecule has 0 unspecified atom stereocenters. The number of rotatable bonds is 5. The van der Waals surface area contributed by atoms with E-state index in [1.165, 1.54) is 5.56 Å². The minimum atomic E-state index is -2.84. The summed E-state index contributed by atoms with van der Waals surface area (Å²) in [4.78, 5) is 0. The van der Waals surface area contributed by atoms with Crippen molar-refractivity contribution < 1.29 is 8.42 Å². The van der Waals surface area contributed by atoms with Gasteiger partial charge in [0.2, 0.25) is 0 Å². The Morgan fingerprint density at radius 2 is 2.05 bits per heavy atom. The fourth-order valence-electron chi connectivity index (χ4n) is 2.47. The van der Waals surface area contributed by atoms with E-state index in [9.17, 15) is 8.42 Å². The Labute approximate surface area is 120 Å². The maximum absolute atomic E-state index is 11.7. The molecule has 106 valence electrons. The van der Waals surface area contributed by atoms with Crippen molar-refractivity contribution in [3.63, 3.8) is 0 Å². The zero-order chi connectivity index (χ0) is 13.9. The van der Waals surface area contributed by atoms with Crippen LogP contribution in [0.3, 0.4) is 0 Å². The molecule has 0 saturated carbocycles. The Bertz CT molecular complexity index is 513. The van der Waals surface area contributed by atoms with Gasteiger partial charge in [0.25, 0.3) is 0 Å². The first-order valence-corrected chi connectivity index (χ1v) is 8.76. The number of nitrogens with one attached hydrogen (secondary N) is 1. The van der Waals surface area contributed by atoms with Crippen LogP contribution in [-0.4, -0.2) is 32.0 Å². The quantitative estimate of drug-likeness (QED) is 0.908. The SMILES string of the molecule is C[C@H](Cc1ccc(Cl)cc1)NC[C@H]1CCCS1(=O)=O. The first kappa shape index (κ1) is 14.8. The van der Waals surface area contributed by atoms with Crippen molar-refractivity contribution in [2.45, 2.75) is 37.5 Å². The average Bonchev–Trinajstić information content (AvgIpc) is 2.69. The molecular formula is C14H20ClNO2S. The van der Waals surface area contributed by atoms with E-state index in [1.54, 1.807) is 0 Å². The van der Waals surface area contributed by atoms with Gasteiger partial charge in [-0.15, -0.1) is 0 Å². The summed E-state index contributed by atoms with van der Waals surface area (Å²) in [6.07, 6.45) is 2.48. The van der Waals surface area contributed by atoms with E-state index in [1.807, 2.05) is 24.3 Å². The van der Waals surface area contributed by atoms with Crippen LogP contribution in [0, 0.1) is 0 Å². The summed E-state index contributed by atoms with van der Waals surface area (Å²) in [6.45, 7) is 2.65. The highest BCUT2D eigenvalue weighted by molar-refractivity contribution is 7.92. The molecule has 0 aliphatic carbocycles.